The molecule has 0 unspecified atom stereocenters. The Morgan fingerprint density at radius 2 is 2.10 bits per heavy atom. The molecule has 2 aromatic rings. The van der Waals surface area contributed by atoms with Gasteiger partial charge in [-0.1, -0.05) is 17.7 Å². The van der Waals surface area contributed by atoms with E-state index in [4.69, 9.17) is 16.7 Å². The Balaban J connectivity index is 2.11. The standard InChI is InChI=1S/C14H10ClNO3S/c15-11-5-3-9(14(18)19)8-12(11)16-13(17)6-4-10-2-1-7-20-10/h1-8H,(H,16,17)(H,18,19)/b6-4+. The Morgan fingerprint density at radius 1 is 1.30 bits per heavy atom. The van der Waals surface area contributed by atoms with E-state index < -0.39 is 5.97 Å². The molecule has 0 fully saturated rings. The molecule has 1 heterocycles. The number of amides is 1. The zero-order valence-corrected chi connectivity index (χ0v) is 11.7. The minimum absolute atomic E-state index is 0.0620. The number of carbonyl (C=O) groups is 2. The fourth-order valence-electron chi connectivity index (χ4n) is 1.47. The normalized spacial score (nSPS) is 10.7. The lowest BCUT2D eigenvalue weighted by Gasteiger charge is -2.05. The number of benzene rings is 1. The van der Waals surface area contributed by atoms with Gasteiger partial charge in [0.05, 0.1) is 16.3 Å². The third-order valence-electron chi connectivity index (χ3n) is 2.41. The van der Waals surface area contributed by atoms with E-state index in [2.05, 4.69) is 5.32 Å². The van der Waals surface area contributed by atoms with Crippen molar-refractivity contribution in [1.82, 2.24) is 0 Å². The molecule has 0 radical (unpaired) electrons. The Kier molecular flexibility index (Phi) is 4.55. The number of anilines is 1. The molecule has 0 saturated carbocycles. The number of aromatic carboxylic acids is 1. The summed E-state index contributed by atoms with van der Waals surface area (Å²) in [6, 6.07) is 7.90. The second-order valence-corrected chi connectivity index (χ2v) is 5.22. The number of hydrogen-bond acceptors (Lipinski definition) is 3. The fraction of sp³-hybridized carbons (Fsp3) is 0. The van der Waals surface area contributed by atoms with Gasteiger partial charge in [0.2, 0.25) is 5.91 Å². The molecule has 4 nitrogen and oxygen atoms in total. The van der Waals surface area contributed by atoms with E-state index in [1.807, 2.05) is 17.5 Å². The summed E-state index contributed by atoms with van der Waals surface area (Å²) < 4.78 is 0. The first kappa shape index (κ1) is 14.3. The van der Waals surface area contributed by atoms with Gasteiger partial charge in [0, 0.05) is 11.0 Å². The van der Waals surface area contributed by atoms with Crippen molar-refractivity contribution < 1.29 is 14.7 Å². The lowest BCUT2D eigenvalue weighted by atomic mass is 10.2. The molecule has 0 aliphatic carbocycles. The van der Waals surface area contributed by atoms with Gasteiger partial charge in [0.15, 0.2) is 0 Å². The summed E-state index contributed by atoms with van der Waals surface area (Å²) in [6.45, 7) is 0. The largest absolute Gasteiger partial charge is 0.478 e. The first-order valence-corrected chi connectivity index (χ1v) is 6.87. The Hall–Kier alpha value is -2.11. The first-order chi connectivity index (χ1) is 9.56. The van der Waals surface area contributed by atoms with Crippen LogP contribution >= 0.6 is 22.9 Å². The smallest absolute Gasteiger partial charge is 0.335 e. The van der Waals surface area contributed by atoms with E-state index in [9.17, 15) is 9.59 Å². The van der Waals surface area contributed by atoms with Gasteiger partial charge in [-0.3, -0.25) is 4.79 Å². The van der Waals surface area contributed by atoms with Gasteiger partial charge in [0.1, 0.15) is 0 Å². The Bertz CT molecular complexity index is 665. The summed E-state index contributed by atoms with van der Waals surface area (Å²) in [5, 5.41) is 13.6. The highest BCUT2D eigenvalue weighted by Gasteiger charge is 2.08. The van der Waals surface area contributed by atoms with Crippen molar-refractivity contribution in [3.8, 4) is 0 Å². The number of rotatable bonds is 4. The summed E-state index contributed by atoms with van der Waals surface area (Å²) in [7, 11) is 0. The van der Waals surface area contributed by atoms with Crippen molar-refractivity contribution in [2.45, 2.75) is 0 Å². The van der Waals surface area contributed by atoms with E-state index in [-0.39, 0.29) is 22.2 Å². The molecule has 0 bridgehead atoms. The van der Waals surface area contributed by atoms with Gasteiger partial charge in [-0.25, -0.2) is 4.79 Å². The van der Waals surface area contributed by atoms with Crippen LogP contribution in [0.1, 0.15) is 15.2 Å². The molecule has 1 aromatic heterocycles. The number of thiophene rings is 1. The summed E-state index contributed by atoms with van der Waals surface area (Å²) in [6.07, 6.45) is 3.05. The predicted molar refractivity (Wildman–Crippen MR) is 80.4 cm³/mol. The summed E-state index contributed by atoms with van der Waals surface area (Å²) >= 11 is 7.43. The monoisotopic (exact) mass is 307 g/mol. The third kappa shape index (κ3) is 3.69. The van der Waals surface area contributed by atoms with Gasteiger partial charge in [-0.15, -0.1) is 11.3 Å². The fourth-order valence-corrected chi connectivity index (χ4v) is 2.26. The number of carboxylic acid groups (broad SMARTS) is 1. The molecule has 0 atom stereocenters. The van der Waals surface area contributed by atoms with Crippen LogP contribution in [0.3, 0.4) is 0 Å². The summed E-state index contributed by atoms with van der Waals surface area (Å²) in [4.78, 5) is 23.6. The van der Waals surface area contributed by atoms with E-state index in [0.29, 0.717) is 0 Å². The molecule has 0 spiro atoms. The topological polar surface area (TPSA) is 66.4 Å². The highest BCUT2D eigenvalue weighted by molar-refractivity contribution is 7.10. The van der Waals surface area contributed by atoms with E-state index in [1.165, 1.54) is 35.6 Å². The molecular weight excluding hydrogens is 298 g/mol. The minimum Gasteiger partial charge on any atom is -0.478 e. The molecule has 2 N–H and O–H groups in total. The van der Waals surface area contributed by atoms with Crippen LogP contribution in [-0.2, 0) is 4.79 Å². The second-order valence-electron chi connectivity index (χ2n) is 3.84. The van der Waals surface area contributed by atoms with Gasteiger partial charge >= 0.3 is 5.97 Å². The summed E-state index contributed by atoms with van der Waals surface area (Å²) in [5.74, 6) is -1.45. The highest BCUT2D eigenvalue weighted by atomic mass is 35.5. The molecule has 102 valence electrons. The zero-order chi connectivity index (χ0) is 14.5. The number of hydrogen-bond donors (Lipinski definition) is 2. The maximum absolute atomic E-state index is 11.7. The number of nitrogens with one attached hydrogen (secondary N) is 1. The van der Waals surface area contributed by atoms with Crippen molar-refractivity contribution in [2.24, 2.45) is 0 Å². The minimum atomic E-state index is -1.08. The van der Waals surface area contributed by atoms with Crippen LogP contribution in [0.2, 0.25) is 5.02 Å². The van der Waals surface area contributed by atoms with Gasteiger partial charge in [0.25, 0.3) is 0 Å². The summed E-state index contributed by atoms with van der Waals surface area (Å²) in [5.41, 5.74) is 0.333. The molecule has 6 heteroatoms. The maximum atomic E-state index is 11.7. The molecule has 0 aliphatic rings. The zero-order valence-electron chi connectivity index (χ0n) is 10.2. The van der Waals surface area contributed by atoms with E-state index >= 15 is 0 Å². The first-order valence-electron chi connectivity index (χ1n) is 5.61. The van der Waals surface area contributed by atoms with Crippen LogP contribution in [0.15, 0.2) is 41.8 Å². The van der Waals surface area contributed by atoms with Gasteiger partial charge in [-0.2, -0.15) is 0 Å². The molecule has 20 heavy (non-hydrogen) atoms. The van der Waals surface area contributed by atoms with Crippen molar-refractivity contribution in [3.05, 3.63) is 57.3 Å². The molecule has 0 aliphatic heterocycles. The highest BCUT2D eigenvalue weighted by Crippen LogP contribution is 2.23. The number of carboxylic acids is 1. The molecule has 2 rings (SSSR count). The average molecular weight is 308 g/mol. The van der Waals surface area contributed by atoms with Crippen LogP contribution in [0.4, 0.5) is 5.69 Å². The van der Waals surface area contributed by atoms with Crippen molar-refractivity contribution >= 4 is 46.6 Å². The Labute approximate surface area is 124 Å². The molecule has 0 saturated heterocycles. The molecule has 1 aromatic carbocycles. The van der Waals surface area contributed by atoms with Gasteiger partial charge < -0.3 is 10.4 Å². The van der Waals surface area contributed by atoms with Crippen LogP contribution in [0, 0.1) is 0 Å². The van der Waals surface area contributed by atoms with Crippen molar-refractivity contribution in [1.29, 1.82) is 0 Å². The Morgan fingerprint density at radius 3 is 2.75 bits per heavy atom. The number of halogens is 1. The SMILES string of the molecule is O=C(/C=C/c1cccs1)Nc1cc(C(=O)O)ccc1Cl. The van der Waals surface area contributed by atoms with E-state index in [1.54, 1.807) is 6.08 Å². The second kappa shape index (κ2) is 6.36. The maximum Gasteiger partial charge on any atom is 0.335 e. The van der Waals surface area contributed by atoms with Crippen molar-refractivity contribution in [2.75, 3.05) is 5.32 Å². The molecular formula is C14H10ClNO3S. The lowest BCUT2D eigenvalue weighted by Crippen LogP contribution is -2.09. The quantitative estimate of drug-likeness (QED) is 0.845. The van der Waals surface area contributed by atoms with Gasteiger partial charge in [-0.05, 0) is 35.7 Å². The van der Waals surface area contributed by atoms with Crippen LogP contribution < -0.4 is 5.32 Å². The van der Waals surface area contributed by atoms with Crippen LogP contribution in [0.25, 0.3) is 6.08 Å². The predicted octanol–water partition coefficient (Wildman–Crippen LogP) is 3.75. The van der Waals surface area contributed by atoms with E-state index in [0.717, 1.165) is 4.88 Å². The third-order valence-corrected chi connectivity index (χ3v) is 3.58. The van der Waals surface area contributed by atoms with Crippen LogP contribution in [-0.4, -0.2) is 17.0 Å². The molecule has 1 amide bonds. The number of carbonyl (C=O) groups excluding carboxylic acids is 1. The van der Waals surface area contributed by atoms with Crippen LogP contribution in [0.5, 0.6) is 0 Å². The lowest BCUT2D eigenvalue weighted by molar-refractivity contribution is -0.111. The average Bonchev–Trinajstić information content (AvgIpc) is 2.92. The van der Waals surface area contributed by atoms with Crippen molar-refractivity contribution in [3.63, 3.8) is 0 Å².